The van der Waals surface area contributed by atoms with E-state index in [1.54, 1.807) is 9.80 Å². The van der Waals surface area contributed by atoms with E-state index in [0.717, 1.165) is 6.07 Å². The van der Waals surface area contributed by atoms with Crippen molar-refractivity contribution in [3.63, 3.8) is 0 Å². The van der Waals surface area contributed by atoms with Crippen molar-refractivity contribution >= 4 is 21.8 Å². The van der Waals surface area contributed by atoms with Crippen molar-refractivity contribution < 1.29 is 40.3 Å². The minimum atomic E-state index is -4.92. The zero-order valence-corrected chi connectivity index (χ0v) is 19.7. The van der Waals surface area contributed by atoms with E-state index in [2.05, 4.69) is 4.74 Å². The predicted molar refractivity (Wildman–Crippen MR) is 119 cm³/mol. The van der Waals surface area contributed by atoms with Gasteiger partial charge in [-0.1, -0.05) is 6.07 Å². The summed E-state index contributed by atoms with van der Waals surface area (Å²) in [5, 5.41) is 5.08. The van der Waals surface area contributed by atoms with Gasteiger partial charge in [-0.05, 0) is 42.3 Å². The van der Waals surface area contributed by atoms with Gasteiger partial charge in [-0.3, -0.25) is 9.59 Å². The number of hydrogen-bond acceptors (Lipinski definition) is 5. The van der Waals surface area contributed by atoms with E-state index in [0.29, 0.717) is 37.8 Å². The zero-order chi connectivity index (χ0) is 26.3. The molecule has 4 rings (SSSR count). The van der Waals surface area contributed by atoms with Gasteiger partial charge in [-0.2, -0.15) is 0 Å². The Kier molecular flexibility index (Phi) is 6.97. The van der Waals surface area contributed by atoms with E-state index in [1.165, 1.54) is 30.3 Å². The van der Waals surface area contributed by atoms with Crippen LogP contribution >= 0.6 is 0 Å². The van der Waals surface area contributed by atoms with Gasteiger partial charge < -0.3 is 14.5 Å². The van der Waals surface area contributed by atoms with E-state index in [1.807, 2.05) is 0 Å². The maximum atomic E-state index is 14.1. The van der Waals surface area contributed by atoms with Crippen LogP contribution in [0.1, 0.15) is 22.3 Å². The van der Waals surface area contributed by atoms with E-state index in [9.17, 15) is 35.6 Å². The van der Waals surface area contributed by atoms with Crippen LogP contribution in [0.15, 0.2) is 47.4 Å². The minimum Gasteiger partial charge on any atom is -0.406 e. The first-order valence-electron chi connectivity index (χ1n) is 11.0. The fourth-order valence-corrected chi connectivity index (χ4v) is 5.18. The Balaban J connectivity index is 1.28. The number of rotatable bonds is 6. The maximum absolute atomic E-state index is 14.1. The highest BCUT2D eigenvalue weighted by atomic mass is 32.2. The summed E-state index contributed by atoms with van der Waals surface area (Å²) in [5.74, 6) is -1.82. The Bertz CT molecular complexity index is 1250. The summed E-state index contributed by atoms with van der Waals surface area (Å²) in [4.78, 5) is 28.7. The first-order valence-corrected chi connectivity index (χ1v) is 12.6. The molecule has 2 N–H and O–H groups in total. The molecular formula is C23H23F4N3O5S. The molecule has 2 aliphatic heterocycles. The number of likely N-dealkylation sites (tertiary alicyclic amines) is 2. The van der Waals surface area contributed by atoms with Crippen molar-refractivity contribution in [3.8, 4) is 5.75 Å². The van der Waals surface area contributed by atoms with Crippen molar-refractivity contribution in [2.45, 2.75) is 24.1 Å². The summed E-state index contributed by atoms with van der Waals surface area (Å²) in [6, 6.07) is 8.19. The lowest BCUT2D eigenvalue weighted by atomic mass is 10.0. The normalized spacial score (nSPS) is 19.9. The van der Waals surface area contributed by atoms with Crippen LogP contribution in [0.25, 0.3) is 0 Å². The number of carbonyl (C=O) groups is 2. The number of sulfonamides is 1. The van der Waals surface area contributed by atoms with Crippen LogP contribution < -0.4 is 9.88 Å². The average molecular weight is 530 g/mol. The van der Waals surface area contributed by atoms with Crippen LogP contribution in [-0.2, 0) is 21.2 Å². The summed E-state index contributed by atoms with van der Waals surface area (Å²) >= 11 is 0. The molecule has 0 bridgehead atoms. The number of ether oxygens (including phenoxy) is 1. The number of benzene rings is 2. The topological polar surface area (TPSA) is 110 Å². The van der Waals surface area contributed by atoms with Crippen LogP contribution in [0.2, 0.25) is 0 Å². The predicted octanol–water partition coefficient (Wildman–Crippen LogP) is 2.53. The number of amides is 2. The van der Waals surface area contributed by atoms with Gasteiger partial charge in [0.05, 0.1) is 4.90 Å². The lowest BCUT2D eigenvalue weighted by molar-refractivity contribution is -0.274. The highest BCUT2D eigenvalue weighted by Gasteiger charge is 2.43. The molecule has 0 radical (unpaired) electrons. The third-order valence-corrected chi connectivity index (χ3v) is 7.35. The van der Waals surface area contributed by atoms with E-state index in [4.69, 9.17) is 5.14 Å². The molecule has 0 aliphatic carbocycles. The molecule has 2 aliphatic rings. The van der Waals surface area contributed by atoms with E-state index >= 15 is 0 Å². The van der Waals surface area contributed by atoms with Gasteiger partial charge in [0.2, 0.25) is 15.9 Å². The standard InChI is InChI=1S/C23H23F4N3O5S/c24-20-9-18(35-23(25,26)27)5-1-14(20)4-8-21(31)29-10-16-12-30(13-17(16)11-29)22(32)15-2-6-19(7-3-15)36(28,33)34/h1-3,5-7,9,16-17H,4,8,10-13H2,(H2,28,33,34)/t16-,17+. The molecule has 0 aromatic heterocycles. The van der Waals surface area contributed by atoms with Gasteiger partial charge in [0, 0.05) is 56.1 Å². The number of carbonyl (C=O) groups excluding carboxylic acids is 2. The highest BCUT2D eigenvalue weighted by Crippen LogP contribution is 2.32. The van der Waals surface area contributed by atoms with Gasteiger partial charge in [-0.15, -0.1) is 13.2 Å². The fraction of sp³-hybridized carbons (Fsp3) is 0.391. The monoisotopic (exact) mass is 529 g/mol. The van der Waals surface area contributed by atoms with Crippen LogP contribution in [0.3, 0.4) is 0 Å². The Morgan fingerprint density at radius 3 is 2.08 bits per heavy atom. The molecule has 194 valence electrons. The van der Waals surface area contributed by atoms with Crippen LogP contribution in [0.5, 0.6) is 5.75 Å². The van der Waals surface area contributed by atoms with E-state index in [-0.39, 0.29) is 47.0 Å². The molecule has 0 spiro atoms. The Morgan fingerprint density at radius 2 is 1.56 bits per heavy atom. The largest absolute Gasteiger partial charge is 0.573 e. The Labute approximate surface area is 204 Å². The number of nitrogens with two attached hydrogens (primary N) is 1. The fourth-order valence-electron chi connectivity index (χ4n) is 4.66. The molecule has 2 amide bonds. The van der Waals surface area contributed by atoms with Crippen LogP contribution in [0, 0.1) is 17.7 Å². The average Bonchev–Trinajstić information content (AvgIpc) is 3.36. The molecule has 2 saturated heterocycles. The molecule has 0 saturated carbocycles. The third kappa shape index (κ3) is 5.95. The molecular weight excluding hydrogens is 506 g/mol. The molecule has 8 nitrogen and oxygen atoms in total. The smallest absolute Gasteiger partial charge is 0.406 e. The van der Waals surface area contributed by atoms with Gasteiger partial charge in [0.1, 0.15) is 11.6 Å². The summed E-state index contributed by atoms with van der Waals surface area (Å²) in [7, 11) is -3.85. The second kappa shape index (κ2) is 9.69. The molecule has 2 heterocycles. The number of alkyl halides is 3. The molecule has 2 atom stereocenters. The minimum absolute atomic E-state index is 0.00508. The molecule has 0 unspecified atom stereocenters. The third-order valence-electron chi connectivity index (χ3n) is 6.42. The number of halogens is 4. The van der Waals surface area contributed by atoms with Gasteiger partial charge in [0.15, 0.2) is 0 Å². The lowest BCUT2D eigenvalue weighted by Crippen LogP contribution is -2.35. The highest BCUT2D eigenvalue weighted by molar-refractivity contribution is 7.89. The van der Waals surface area contributed by atoms with Crippen molar-refractivity contribution in [3.05, 3.63) is 59.4 Å². The van der Waals surface area contributed by atoms with Crippen molar-refractivity contribution in [2.24, 2.45) is 17.0 Å². The maximum Gasteiger partial charge on any atom is 0.573 e. The number of fused-ring (bicyclic) bond motifs is 1. The number of aryl methyl sites for hydroxylation is 1. The van der Waals surface area contributed by atoms with Crippen molar-refractivity contribution in [1.82, 2.24) is 9.80 Å². The molecule has 13 heteroatoms. The van der Waals surface area contributed by atoms with Crippen LogP contribution in [0.4, 0.5) is 17.6 Å². The number of primary sulfonamides is 1. The Morgan fingerprint density at radius 1 is 0.972 bits per heavy atom. The second-order valence-electron chi connectivity index (χ2n) is 8.90. The van der Waals surface area contributed by atoms with Gasteiger partial charge in [0.25, 0.3) is 5.91 Å². The summed E-state index contributed by atoms with van der Waals surface area (Å²) in [5.41, 5.74) is 0.450. The summed E-state index contributed by atoms with van der Waals surface area (Å²) in [6.07, 6.45) is -4.90. The van der Waals surface area contributed by atoms with Gasteiger partial charge >= 0.3 is 6.36 Å². The van der Waals surface area contributed by atoms with Crippen molar-refractivity contribution in [2.75, 3.05) is 26.2 Å². The lowest BCUT2D eigenvalue weighted by Gasteiger charge is -2.22. The molecule has 36 heavy (non-hydrogen) atoms. The SMILES string of the molecule is NS(=O)(=O)c1ccc(C(=O)N2C[C@H]3CN(C(=O)CCc4ccc(OC(F)(F)F)cc4F)C[C@H]3C2)cc1. The summed E-state index contributed by atoms with van der Waals surface area (Å²) < 4.78 is 77.4. The first-order chi connectivity index (χ1) is 16.8. The Hall–Kier alpha value is -3.19. The number of nitrogens with zero attached hydrogens (tertiary/aromatic N) is 2. The van der Waals surface area contributed by atoms with Gasteiger partial charge in [-0.25, -0.2) is 17.9 Å². The quantitative estimate of drug-likeness (QED) is 0.579. The summed E-state index contributed by atoms with van der Waals surface area (Å²) in [6.45, 7) is 1.77. The zero-order valence-electron chi connectivity index (χ0n) is 18.9. The van der Waals surface area contributed by atoms with Crippen LogP contribution in [-0.4, -0.2) is 62.6 Å². The molecule has 2 aromatic carbocycles. The molecule has 2 fully saturated rings. The second-order valence-corrected chi connectivity index (χ2v) is 10.5. The van der Waals surface area contributed by atoms with Crippen molar-refractivity contribution in [1.29, 1.82) is 0 Å². The first kappa shape index (κ1) is 25.9. The van der Waals surface area contributed by atoms with E-state index < -0.39 is 28.0 Å². The molecule has 2 aromatic rings. The number of hydrogen-bond donors (Lipinski definition) is 1.